The molecule has 5 rings (SSSR count). The third kappa shape index (κ3) is 3.79. The maximum Gasteiger partial charge on any atom is 0.451 e. The van der Waals surface area contributed by atoms with Crippen molar-refractivity contribution in [3.8, 4) is 11.1 Å². The fourth-order valence-electron chi connectivity index (χ4n) is 4.04. The number of carbonyl (C=O) groups is 1. The molecular weight excluding hydrogens is 494 g/mol. The van der Waals surface area contributed by atoms with Crippen molar-refractivity contribution in [3.05, 3.63) is 69.6 Å². The summed E-state index contributed by atoms with van der Waals surface area (Å²) >= 11 is 12.4. The third-order valence-corrected chi connectivity index (χ3v) is 6.24. The van der Waals surface area contributed by atoms with Gasteiger partial charge in [0.15, 0.2) is 5.82 Å². The van der Waals surface area contributed by atoms with Gasteiger partial charge in [-0.15, -0.1) is 10.2 Å². The molecule has 0 saturated heterocycles. The van der Waals surface area contributed by atoms with Crippen LogP contribution in [0.25, 0.3) is 16.8 Å². The van der Waals surface area contributed by atoms with E-state index in [1.54, 1.807) is 34.9 Å². The number of nitrogens with zero attached hydrogens (tertiary/aromatic N) is 6. The van der Waals surface area contributed by atoms with Crippen LogP contribution in [0.5, 0.6) is 0 Å². The number of halogens is 5. The largest absolute Gasteiger partial charge is 0.451 e. The fourth-order valence-corrected chi connectivity index (χ4v) is 4.55. The lowest BCUT2D eigenvalue weighted by Gasteiger charge is -2.27. The van der Waals surface area contributed by atoms with Crippen molar-refractivity contribution in [2.24, 2.45) is 5.73 Å². The van der Waals surface area contributed by atoms with Crippen LogP contribution < -0.4 is 5.73 Å². The van der Waals surface area contributed by atoms with Gasteiger partial charge in [0.1, 0.15) is 11.3 Å². The summed E-state index contributed by atoms with van der Waals surface area (Å²) in [6.45, 7) is 0.107. The summed E-state index contributed by atoms with van der Waals surface area (Å²) in [5, 5.41) is 7.79. The Kier molecular flexibility index (Phi) is 5.50. The smallest absolute Gasteiger partial charge is 0.328 e. The number of nitrogens with two attached hydrogens (primary N) is 1. The maximum atomic E-state index is 13.3. The molecule has 0 spiro atoms. The number of amides is 1. The SMILES string of the molecule is NCc1cc2ncc(C(=O)N3CCn4c(nnc4C(F)(F)F)C3)n2cc1-c1ccc(Cl)cc1Cl. The van der Waals surface area contributed by atoms with Gasteiger partial charge in [-0.1, -0.05) is 29.3 Å². The molecule has 2 N–H and O–H groups in total. The number of pyridine rings is 1. The van der Waals surface area contributed by atoms with Crippen molar-refractivity contribution < 1.29 is 18.0 Å². The van der Waals surface area contributed by atoms with Gasteiger partial charge in [0.05, 0.1) is 12.7 Å². The first-order valence-corrected chi connectivity index (χ1v) is 10.9. The third-order valence-electron chi connectivity index (χ3n) is 5.69. The molecule has 0 radical (unpaired) electrons. The van der Waals surface area contributed by atoms with E-state index in [1.165, 1.54) is 11.1 Å². The van der Waals surface area contributed by atoms with Gasteiger partial charge < -0.3 is 15.2 Å². The number of hydrogen-bond donors (Lipinski definition) is 1. The molecule has 1 aliphatic rings. The van der Waals surface area contributed by atoms with Gasteiger partial charge in [0.25, 0.3) is 5.91 Å². The van der Waals surface area contributed by atoms with Gasteiger partial charge >= 0.3 is 6.18 Å². The molecule has 8 nitrogen and oxygen atoms in total. The molecule has 0 bridgehead atoms. The standard InChI is InChI=1S/C21H16Cl2F3N7O/c22-12-1-2-13(15(23)6-12)14-9-33-16(8-28-17(33)5-11(14)7-27)19(34)31-3-4-32-18(10-31)29-30-20(32)21(24,25)26/h1-2,5-6,8-9H,3-4,7,10,27H2. The molecule has 0 unspecified atom stereocenters. The van der Waals surface area contributed by atoms with Crippen LogP contribution in [0.4, 0.5) is 13.2 Å². The maximum absolute atomic E-state index is 13.3. The second-order valence-corrected chi connectivity index (χ2v) is 8.57. The van der Waals surface area contributed by atoms with Gasteiger partial charge in [-0.25, -0.2) is 4.98 Å². The van der Waals surface area contributed by atoms with Crippen molar-refractivity contribution >= 4 is 34.8 Å². The number of hydrogen-bond acceptors (Lipinski definition) is 5. The minimum absolute atomic E-state index is 0.0664. The number of carbonyl (C=O) groups excluding carboxylic acids is 1. The Morgan fingerprint density at radius 3 is 2.62 bits per heavy atom. The van der Waals surface area contributed by atoms with E-state index in [4.69, 9.17) is 28.9 Å². The molecule has 4 heterocycles. The lowest BCUT2D eigenvalue weighted by Crippen LogP contribution is -2.39. The Balaban J connectivity index is 1.52. The van der Waals surface area contributed by atoms with Crippen molar-refractivity contribution in [1.29, 1.82) is 0 Å². The zero-order chi connectivity index (χ0) is 24.2. The Labute approximate surface area is 200 Å². The van der Waals surface area contributed by atoms with Crippen LogP contribution in [0.3, 0.4) is 0 Å². The van der Waals surface area contributed by atoms with E-state index in [1.807, 2.05) is 0 Å². The highest BCUT2D eigenvalue weighted by Crippen LogP contribution is 2.34. The highest BCUT2D eigenvalue weighted by Gasteiger charge is 2.40. The normalized spacial score (nSPS) is 14.0. The Bertz CT molecular complexity index is 1430. The van der Waals surface area contributed by atoms with E-state index in [0.29, 0.717) is 26.8 Å². The van der Waals surface area contributed by atoms with Crippen LogP contribution in [0.15, 0.2) is 36.7 Å². The van der Waals surface area contributed by atoms with Crippen LogP contribution in [0.2, 0.25) is 10.0 Å². The summed E-state index contributed by atoms with van der Waals surface area (Å²) in [5.74, 6) is -1.40. The Hall–Kier alpha value is -3.15. The Morgan fingerprint density at radius 2 is 1.91 bits per heavy atom. The molecular formula is C21H16Cl2F3N7O. The molecule has 34 heavy (non-hydrogen) atoms. The highest BCUT2D eigenvalue weighted by molar-refractivity contribution is 6.36. The number of rotatable bonds is 3. The predicted molar refractivity (Wildman–Crippen MR) is 118 cm³/mol. The molecule has 3 aromatic heterocycles. The molecule has 0 fully saturated rings. The minimum Gasteiger partial charge on any atom is -0.328 e. The minimum atomic E-state index is -4.61. The van der Waals surface area contributed by atoms with E-state index in [0.717, 1.165) is 10.1 Å². The molecule has 0 saturated carbocycles. The van der Waals surface area contributed by atoms with E-state index >= 15 is 0 Å². The zero-order valence-corrected chi connectivity index (χ0v) is 18.9. The van der Waals surface area contributed by atoms with E-state index in [2.05, 4.69) is 15.2 Å². The first kappa shape index (κ1) is 22.6. The summed E-state index contributed by atoms with van der Waals surface area (Å²) in [4.78, 5) is 19.1. The highest BCUT2D eigenvalue weighted by atomic mass is 35.5. The molecule has 13 heteroatoms. The van der Waals surface area contributed by atoms with Crippen molar-refractivity contribution in [2.75, 3.05) is 6.54 Å². The van der Waals surface area contributed by atoms with Crippen molar-refractivity contribution in [2.45, 2.75) is 25.8 Å². The first-order valence-electron chi connectivity index (χ1n) is 10.1. The number of alkyl halides is 3. The average Bonchev–Trinajstić information content (AvgIpc) is 3.41. The van der Waals surface area contributed by atoms with Crippen LogP contribution in [-0.2, 0) is 25.8 Å². The molecule has 0 atom stereocenters. The van der Waals surface area contributed by atoms with E-state index < -0.39 is 17.9 Å². The van der Waals surface area contributed by atoms with Gasteiger partial charge in [-0.3, -0.25) is 9.20 Å². The zero-order valence-electron chi connectivity index (χ0n) is 17.4. The number of fused-ring (bicyclic) bond motifs is 2. The molecule has 0 aliphatic carbocycles. The molecule has 1 amide bonds. The lowest BCUT2D eigenvalue weighted by atomic mass is 10.0. The van der Waals surface area contributed by atoms with E-state index in [-0.39, 0.29) is 37.7 Å². The van der Waals surface area contributed by atoms with Crippen LogP contribution in [-0.4, -0.2) is 41.5 Å². The van der Waals surface area contributed by atoms with Crippen LogP contribution in [0.1, 0.15) is 27.7 Å². The van der Waals surface area contributed by atoms with Crippen LogP contribution >= 0.6 is 23.2 Å². The number of aromatic nitrogens is 5. The number of imidazole rings is 1. The lowest BCUT2D eigenvalue weighted by molar-refractivity contribution is -0.147. The topological polar surface area (TPSA) is 94.3 Å². The summed E-state index contributed by atoms with van der Waals surface area (Å²) < 4.78 is 41.9. The summed E-state index contributed by atoms with van der Waals surface area (Å²) in [6, 6.07) is 6.84. The quantitative estimate of drug-likeness (QED) is 0.449. The van der Waals surface area contributed by atoms with Gasteiger partial charge in [0.2, 0.25) is 5.82 Å². The molecule has 4 aromatic rings. The van der Waals surface area contributed by atoms with Crippen molar-refractivity contribution in [1.82, 2.24) is 29.0 Å². The van der Waals surface area contributed by atoms with Gasteiger partial charge in [-0.05, 0) is 23.8 Å². The second kappa shape index (κ2) is 8.26. The average molecular weight is 510 g/mol. The molecule has 176 valence electrons. The molecule has 1 aliphatic heterocycles. The van der Waals surface area contributed by atoms with Gasteiger partial charge in [0, 0.05) is 47.0 Å². The second-order valence-electron chi connectivity index (χ2n) is 7.73. The number of benzene rings is 1. The summed E-state index contributed by atoms with van der Waals surface area (Å²) in [7, 11) is 0. The predicted octanol–water partition coefficient (Wildman–Crippen LogP) is 4.03. The van der Waals surface area contributed by atoms with Crippen molar-refractivity contribution in [3.63, 3.8) is 0 Å². The summed E-state index contributed by atoms with van der Waals surface area (Å²) in [6.07, 6.45) is -1.47. The summed E-state index contributed by atoms with van der Waals surface area (Å²) in [5.41, 5.74) is 8.85. The van der Waals surface area contributed by atoms with Gasteiger partial charge in [-0.2, -0.15) is 13.2 Å². The monoisotopic (exact) mass is 509 g/mol. The fraction of sp³-hybridized carbons (Fsp3) is 0.238. The van der Waals surface area contributed by atoms with E-state index in [9.17, 15) is 18.0 Å². The molecule has 1 aromatic carbocycles. The Morgan fingerprint density at radius 1 is 1.12 bits per heavy atom. The van der Waals surface area contributed by atoms with Crippen LogP contribution in [0, 0.1) is 0 Å². The first-order chi connectivity index (χ1) is 16.2.